The molecule has 1 heterocycles. The SMILES string of the molecule is CC(C)CCOC(=O)C=Cc1ccoc1. The minimum atomic E-state index is -0.308. The molecule has 0 bridgehead atoms. The van der Waals surface area contributed by atoms with Gasteiger partial charge in [-0.05, 0) is 24.5 Å². The first-order chi connectivity index (χ1) is 7.18. The van der Waals surface area contributed by atoms with Gasteiger partial charge in [-0.1, -0.05) is 13.8 Å². The van der Waals surface area contributed by atoms with Crippen LogP contribution >= 0.6 is 0 Å². The van der Waals surface area contributed by atoms with Gasteiger partial charge in [0.2, 0.25) is 0 Å². The Morgan fingerprint density at radius 3 is 3.00 bits per heavy atom. The Morgan fingerprint density at radius 2 is 2.40 bits per heavy atom. The van der Waals surface area contributed by atoms with Crippen molar-refractivity contribution in [2.75, 3.05) is 6.61 Å². The molecule has 15 heavy (non-hydrogen) atoms. The zero-order valence-corrected chi connectivity index (χ0v) is 9.10. The minimum absolute atomic E-state index is 0.308. The van der Waals surface area contributed by atoms with Crippen molar-refractivity contribution in [3.63, 3.8) is 0 Å². The maximum atomic E-state index is 11.2. The molecule has 0 N–H and O–H groups in total. The van der Waals surface area contributed by atoms with Crippen molar-refractivity contribution < 1.29 is 13.9 Å². The van der Waals surface area contributed by atoms with E-state index in [1.54, 1.807) is 24.7 Å². The Labute approximate surface area is 89.7 Å². The molecule has 0 atom stereocenters. The lowest BCUT2D eigenvalue weighted by molar-refractivity contribution is -0.137. The molecule has 1 aromatic heterocycles. The molecule has 82 valence electrons. The van der Waals surface area contributed by atoms with Crippen molar-refractivity contribution in [3.05, 3.63) is 30.2 Å². The van der Waals surface area contributed by atoms with Crippen molar-refractivity contribution in [2.45, 2.75) is 20.3 Å². The Bertz CT molecular complexity index is 310. The molecule has 1 rings (SSSR count). The van der Waals surface area contributed by atoms with E-state index in [1.807, 2.05) is 0 Å². The summed E-state index contributed by atoms with van der Waals surface area (Å²) >= 11 is 0. The predicted molar refractivity (Wildman–Crippen MR) is 58.2 cm³/mol. The molecule has 0 aliphatic carbocycles. The van der Waals surface area contributed by atoms with Crippen LogP contribution < -0.4 is 0 Å². The van der Waals surface area contributed by atoms with E-state index in [1.165, 1.54) is 6.08 Å². The van der Waals surface area contributed by atoms with Gasteiger partial charge in [0, 0.05) is 11.6 Å². The van der Waals surface area contributed by atoms with Crippen LogP contribution in [0, 0.1) is 5.92 Å². The summed E-state index contributed by atoms with van der Waals surface area (Å²) in [6.07, 6.45) is 7.10. The van der Waals surface area contributed by atoms with Gasteiger partial charge in [0.05, 0.1) is 19.1 Å². The van der Waals surface area contributed by atoms with Crippen LogP contribution in [0.5, 0.6) is 0 Å². The molecule has 0 aromatic carbocycles. The summed E-state index contributed by atoms with van der Waals surface area (Å²) in [6.45, 7) is 4.66. The first-order valence-corrected chi connectivity index (χ1v) is 5.05. The second-order valence-corrected chi connectivity index (χ2v) is 3.74. The van der Waals surface area contributed by atoms with Gasteiger partial charge in [0.25, 0.3) is 0 Å². The van der Waals surface area contributed by atoms with Crippen molar-refractivity contribution in [2.24, 2.45) is 5.92 Å². The summed E-state index contributed by atoms with van der Waals surface area (Å²) in [5.41, 5.74) is 0.857. The lowest BCUT2D eigenvalue weighted by atomic mass is 10.1. The lowest BCUT2D eigenvalue weighted by Crippen LogP contribution is -2.04. The highest BCUT2D eigenvalue weighted by molar-refractivity contribution is 5.86. The fraction of sp³-hybridized carbons (Fsp3) is 0.417. The third kappa shape index (κ3) is 5.05. The standard InChI is InChI=1S/C12H16O3/c1-10(2)5-8-15-12(13)4-3-11-6-7-14-9-11/h3-4,6-7,9-10H,5,8H2,1-2H3. The highest BCUT2D eigenvalue weighted by Crippen LogP contribution is 2.03. The van der Waals surface area contributed by atoms with E-state index in [4.69, 9.17) is 9.15 Å². The molecule has 0 aliphatic heterocycles. The zero-order chi connectivity index (χ0) is 11.1. The molecule has 0 unspecified atom stereocenters. The number of esters is 1. The van der Waals surface area contributed by atoms with E-state index in [9.17, 15) is 4.79 Å². The molecule has 0 radical (unpaired) electrons. The molecule has 1 aromatic rings. The maximum Gasteiger partial charge on any atom is 0.330 e. The van der Waals surface area contributed by atoms with Gasteiger partial charge < -0.3 is 9.15 Å². The second-order valence-electron chi connectivity index (χ2n) is 3.74. The molecule has 0 aliphatic rings. The average Bonchev–Trinajstić information content (AvgIpc) is 2.66. The minimum Gasteiger partial charge on any atom is -0.472 e. The van der Waals surface area contributed by atoms with Crippen LogP contribution in [0.3, 0.4) is 0 Å². The van der Waals surface area contributed by atoms with E-state index in [0.29, 0.717) is 12.5 Å². The van der Waals surface area contributed by atoms with Gasteiger partial charge in [0.1, 0.15) is 0 Å². The topological polar surface area (TPSA) is 39.4 Å². The number of carbonyl (C=O) groups is 1. The van der Waals surface area contributed by atoms with Crippen molar-refractivity contribution in [1.29, 1.82) is 0 Å². The summed E-state index contributed by atoms with van der Waals surface area (Å²) in [6, 6.07) is 1.78. The van der Waals surface area contributed by atoms with Crippen LogP contribution in [-0.2, 0) is 9.53 Å². The number of rotatable bonds is 5. The Morgan fingerprint density at radius 1 is 1.60 bits per heavy atom. The molecular formula is C12H16O3. The van der Waals surface area contributed by atoms with E-state index < -0.39 is 0 Å². The molecule has 0 spiro atoms. The third-order valence-corrected chi connectivity index (χ3v) is 1.89. The van der Waals surface area contributed by atoms with Crippen molar-refractivity contribution in [1.82, 2.24) is 0 Å². The quantitative estimate of drug-likeness (QED) is 0.551. The molecule has 0 amide bonds. The fourth-order valence-electron chi connectivity index (χ4n) is 0.977. The van der Waals surface area contributed by atoms with E-state index in [2.05, 4.69) is 13.8 Å². The molecular weight excluding hydrogens is 192 g/mol. The number of carbonyl (C=O) groups excluding carboxylic acids is 1. The van der Waals surface area contributed by atoms with Gasteiger partial charge in [-0.15, -0.1) is 0 Å². The molecule has 0 saturated heterocycles. The summed E-state index contributed by atoms with van der Waals surface area (Å²) < 4.78 is 9.85. The van der Waals surface area contributed by atoms with Gasteiger partial charge in [-0.2, -0.15) is 0 Å². The van der Waals surface area contributed by atoms with Crippen LogP contribution in [0.25, 0.3) is 6.08 Å². The van der Waals surface area contributed by atoms with Gasteiger partial charge in [0.15, 0.2) is 0 Å². The molecule has 3 heteroatoms. The molecule has 3 nitrogen and oxygen atoms in total. The highest BCUT2D eigenvalue weighted by Gasteiger charge is 1.99. The summed E-state index contributed by atoms with van der Waals surface area (Å²) in [7, 11) is 0. The highest BCUT2D eigenvalue weighted by atomic mass is 16.5. The van der Waals surface area contributed by atoms with Crippen LogP contribution in [0.4, 0.5) is 0 Å². The molecule has 0 fully saturated rings. The first-order valence-electron chi connectivity index (χ1n) is 5.05. The smallest absolute Gasteiger partial charge is 0.330 e. The largest absolute Gasteiger partial charge is 0.472 e. The predicted octanol–water partition coefficient (Wildman–Crippen LogP) is 2.88. The summed E-state index contributed by atoms with van der Waals surface area (Å²) in [4.78, 5) is 11.2. The van der Waals surface area contributed by atoms with Crippen LogP contribution in [-0.4, -0.2) is 12.6 Å². The van der Waals surface area contributed by atoms with E-state index in [0.717, 1.165) is 12.0 Å². The van der Waals surface area contributed by atoms with Gasteiger partial charge >= 0.3 is 5.97 Å². The zero-order valence-electron chi connectivity index (χ0n) is 9.10. The van der Waals surface area contributed by atoms with Gasteiger partial charge in [-0.3, -0.25) is 0 Å². The van der Waals surface area contributed by atoms with Crippen LogP contribution in [0.2, 0.25) is 0 Å². The van der Waals surface area contributed by atoms with Crippen LogP contribution in [0.1, 0.15) is 25.8 Å². The third-order valence-electron chi connectivity index (χ3n) is 1.89. The Kier molecular flexibility index (Phi) is 4.68. The van der Waals surface area contributed by atoms with Crippen molar-refractivity contribution in [3.8, 4) is 0 Å². The maximum absolute atomic E-state index is 11.2. The Hall–Kier alpha value is -1.51. The number of hydrogen-bond donors (Lipinski definition) is 0. The number of ether oxygens (including phenoxy) is 1. The lowest BCUT2D eigenvalue weighted by Gasteiger charge is -2.03. The number of hydrogen-bond acceptors (Lipinski definition) is 3. The van der Waals surface area contributed by atoms with Crippen LogP contribution in [0.15, 0.2) is 29.1 Å². The molecule has 0 saturated carbocycles. The summed E-state index contributed by atoms with van der Waals surface area (Å²) in [5.74, 6) is 0.243. The first kappa shape index (κ1) is 11.6. The normalized spacial score (nSPS) is 11.1. The van der Waals surface area contributed by atoms with Crippen molar-refractivity contribution >= 4 is 12.0 Å². The monoisotopic (exact) mass is 208 g/mol. The average molecular weight is 208 g/mol. The second kappa shape index (κ2) is 6.06. The van der Waals surface area contributed by atoms with E-state index >= 15 is 0 Å². The van der Waals surface area contributed by atoms with E-state index in [-0.39, 0.29) is 5.97 Å². The van der Waals surface area contributed by atoms with Gasteiger partial charge in [-0.25, -0.2) is 4.79 Å². The fourth-order valence-corrected chi connectivity index (χ4v) is 0.977. The summed E-state index contributed by atoms with van der Waals surface area (Å²) in [5, 5.41) is 0. The number of furan rings is 1. The Balaban J connectivity index is 2.24.